The SMILES string of the molecule is C#CCCCC(NC)c1ccccc1OC. The summed E-state index contributed by atoms with van der Waals surface area (Å²) in [6.07, 6.45) is 8.14. The molecule has 0 heterocycles. The summed E-state index contributed by atoms with van der Waals surface area (Å²) in [6, 6.07) is 8.40. The molecule has 2 nitrogen and oxygen atoms in total. The van der Waals surface area contributed by atoms with Crippen LogP contribution in [-0.4, -0.2) is 14.2 Å². The Balaban J connectivity index is 2.74. The van der Waals surface area contributed by atoms with Crippen molar-refractivity contribution in [2.75, 3.05) is 14.2 Å². The molecule has 1 aromatic carbocycles. The maximum atomic E-state index is 5.35. The highest BCUT2D eigenvalue weighted by atomic mass is 16.5. The van der Waals surface area contributed by atoms with Crippen LogP contribution in [0.2, 0.25) is 0 Å². The topological polar surface area (TPSA) is 21.3 Å². The van der Waals surface area contributed by atoms with E-state index < -0.39 is 0 Å². The molecular formula is C14H19NO. The first-order chi connectivity index (χ1) is 7.83. The Morgan fingerprint density at radius 3 is 2.81 bits per heavy atom. The number of unbranched alkanes of at least 4 members (excludes halogenated alkanes) is 1. The lowest BCUT2D eigenvalue weighted by Crippen LogP contribution is -2.17. The van der Waals surface area contributed by atoms with Crippen LogP contribution in [0.15, 0.2) is 24.3 Å². The standard InChI is InChI=1S/C14H19NO/c1-4-5-6-10-13(15-2)12-9-7-8-11-14(12)16-3/h1,7-9,11,13,15H,5-6,10H2,2-3H3. The first-order valence-corrected chi connectivity index (χ1v) is 5.57. The molecule has 0 saturated heterocycles. The monoisotopic (exact) mass is 217 g/mol. The van der Waals surface area contributed by atoms with Gasteiger partial charge in [-0.05, 0) is 26.0 Å². The van der Waals surface area contributed by atoms with Gasteiger partial charge in [-0.2, -0.15) is 0 Å². The van der Waals surface area contributed by atoms with Gasteiger partial charge in [0.05, 0.1) is 7.11 Å². The Labute approximate surface area is 98.0 Å². The summed E-state index contributed by atoms with van der Waals surface area (Å²) in [6.45, 7) is 0. The van der Waals surface area contributed by atoms with E-state index in [0.717, 1.165) is 25.0 Å². The predicted molar refractivity (Wildman–Crippen MR) is 67.5 cm³/mol. The van der Waals surface area contributed by atoms with Crippen LogP contribution in [0, 0.1) is 12.3 Å². The summed E-state index contributed by atoms with van der Waals surface area (Å²) in [5, 5.41) is 3.30. The molecule has 0 amide bonds. The van der Waals surface area contributed by atoms with Crippen LogP contribution >= 0.6 is 0 Å². The van der Waals surface area contributed by atoms with Gasteiger partial charge in [0.25, 0.3) is 0 Å². The smallest absolute Gasteiger partial charge is 0.123 e. The fourth-order valence-corrected chi connectivity index (χ4v) is 1.82. The fraction of sp³-hybridized carbons (Fsp3) is 0.429. The lowest BCUT2D eigenvalue weighted by molar-refractivity contribution is 0.398. The maximum absolute atomic E-state index is 5.35. The normalized spacial score (nSPS) is 11.8. The van der Waals surface area contributed by atoms with Crippen molar-refractivity contribution >= 4 is 0 Å². The summed E-state index contributed by atoms with van der Waals surface area (Å²) in [4.78, 5) is 0. The van der Waals surface area contributed by atoms with Crippen LogP contribution in [0.5, 0.6) is 5.75 Å². The average Bonchev–Trinajstić information content (AvgIpc) is 2.35. The van der Waals surface area contributed by atoms with E-state index in [0.29, 0.717) is 6.04 Å². The van der Waals surface area contributed by atoms with Crippen molar-refractivity contribution in [3.63, 3.8) is 0 Å². The van der Waals surface area contributed by atoms with Crippen LogP contribution < -0.4 is 10.1 Å². The molecule has 1 rings (SSSR count). The van der Waals surface area contributed by atoms with E-state index in [1.165, 1.54) is 5.56 Å². The molecule has 1 aromatic rings. The Bertz CT molecular complexity index is 354. The minimum atomic E-state index is 0.310. The third-order valence-electron chi connectivity index (χ3n) is 2.68. The summed E-state index contributed by atoms with van der Waals surface area (Å²) in [5.41, 5.74) is 1.20. The number of para-hydroxylation sites is 1. The Morgan fingerprint density at radius 1 is 1.44 bits per heavy atom. The van der Waals surface area contributed by atoms with Crippen molar-refractivity contribution in [2.24, 2.45) is 0 Å². The Morgan fingerprint density at radius 2 is 2.19 bits per heavy atom. The lowest BCUT2D eigenvalue weighted by Gasteiger charge is -2.18. The van der Waals surface area contributed by atoms with Gasteiger partial charge in [-0.15, -0.1) is 12.3 Å². The largest absolute Gasteiger partial charge is 0.496 e. The number of rotatable bonds is 6. The minimum Gasteiger partial charge on any atom is -0.496 e. The van der Waals surface area contributed by atoms with Gasteiger partial charge in [-0.1, -0.05) is 18.2 Å². The van der Waals surface area contributed by atoms with E-state index in [9.17, 15) is 0 Å². The summed E-state index contributed by atoms with van der Waals surface area (Å²) in [7, 11) is 3.67. The highest BCUT2D eigenvalue weighted by Crippen LogP contribution is 2.27. The van der Waals surface area contributed by atoms with E-state index in [4.69, 9.17) is 11.2 Å². The van der Waals surface area contributed by atoms with E-state index >= 15 is 0 Å². The molecule has 0 aliphatic heterocycles. The molecule has 0 saturated carbocycles. The van der Waals surface area contributed by atoms with Gasteiger partial charge >= 0.3 is 0 Å². The molecule has 16 heavy (non-hydrogen) atoms. The van der Waals surface area contributed by atoms with Crippen molar-refractivity contribution < 1.29 is 4.74 Å². The molecular weight excluding hydrogens is 198 g/mol. The quantitative estimate of drug-likeness (QED) is 0.584. The van der Waals surface area contributed by atoms with Gasteiger partial charge in [0.15, 0.2) is 0 Å². The molecule has 1 atom stereocenters. The number of terminal acetylenes is 1. The number of hydrogen-bond acceptors (Lipinski definition) is 2. The van der Waals surface area contributed by atoms with E-state index in [1.807, 2.05) is 25.2 Å². The van der Waals surface area contributed by atoms with E-state index in [-0.39, 0.29) is 0 Å². The first-order valence-electron chi connectivity index (χ1n) is 5.57. The van der Waals surface area contributed by atoms with Gasteiger partial charge in [-0.25, -0.2) is 0 Å². The molecule has 86 valence electrons. The number of benzene rings is 1. The fourth-order valence-electron chi connectivity index (χ4n) is 1.82. The van der Waals surface area contributed by atoms with Crippen molar-refractivity contribution in [3.05, 3.63) is 29.8 Å². The molecule has 1 unspecified atom stereocenters. The Hall–Kier alpha value is -1.46. The number of nitrogens with one attached hydrogen (secondary N) is 1. The molecule has 0 radical (unpaired) electrons. The van der Waals surface area contributed by atoms with Gasteiger partial charge in [0.1, 0.15) is 5.75 Å². The average molecular weight is 217 g/mol. The molecule has 0 bridgehead atoms. The van der Waals surface area contributed by atoms with Gasteiger partial charge in [-0.3, -0.25) is 0 Å². The minimum absolute atomic E-state index is 0.310. The molecule has 0 aromatic heterocycles. The van der Waals surface area contributed by atoms with Crippen molar-refractivity contribution in [2.45, 2.75) is 25.3 Å². The third-order valence-corrected chi connectivity index (χ3v) is 2.68. The molecule has 1 N–H and O–H groups in total. The second-order valence-corrected chi connectivity index (χ2v) is 3.68. The number of methoxy groups -OCH3 is 1. The molecule has 0 spiro atoms. The zero-order valence-electron chi connectivity index (χ0n) is 9.99. The van der Waals surface area contributed by atoms with E-state index in [2.05, 4.69) is 17.3 Å². The highest BCUT2D eigenvalue weighted by Gasteiger charge is 2.12. The Kier molecular flexibility index (Phi) is 5.45. The number of hydrogen-bond donors (Lipinski definition) is 1. The highest BCUT2D eigenvalue weighted by molar-refractivity contribution is 5.35. The van der Waals surface area contributed by atoms with Crippen molar-refractivity contribution in [1.29, 1.82) is 0 Å². The zero-order valence-corrected chi connectivity index (χ0v) is 9.99. The van der Waals surface area contributed by atoms with Crippen LogP contribution in [0.25, 0.3) is 0 Å². The van der Waals surface area contributed by atoms with Gasteiger partial charge in [0.2, 0.25) is 0 Å². The first kappa shape index (κ1) is 12.6. The van der Waals surface area contributed by atoms with Gasteiger partial charge < -0.3 is 10.1 Å². The summed E-state index contributed by atoms with van der Waals surface area (Å²) >= 11 is 0. The maximum Gasteiger partial charge on any atom is 0.123 e. The van der Waals surface area contributed by atoms with Crippen molar-refractivity contribution in [1.82, 2.24) is 5.32 Å². The second kappa shape index (κ2) is 6.92. The molecule has 2 heteroatoms. The van der Waals surface area contributed by atoms with E-state index in [1.54, 1.807) is 7.11 Å². The molecule has 0 aliphatic carbocycles. The van der Waals surface area contributed by atoms with Crippen molar-refractivity contribution in [3.8, 4) is 18.1 Å². The summed E-state index contributed by atoms with van der Waals surface area (Å²) in [5.74, 6) is 3.60. The van der Waals surface area contributed by atoms with Crippen LogP contribution in [0.3, 0.4) is 0 Å². The second-order valence-electron chi connectivity index (χ2n) is 3.68. The zero-order chi connectivity index (χ0) is 11.8. The lowest BCUT2D eigenvalue weighted by atomic mass is 10.0. The van der Waals surface area contributed by atoms with Crippen LogP contribution in [0.1, 0.15) is 30.9 Å². The van der Waals surface area contributed by atoms with Crippen LogP contribution in [-0.2, 0) is 0 Å². The number of ether oxygens (including phenoxy) is 1. The molecule has 0 fully saturated rings. The van der Waals surface area contributed by atoms with Crippen LogP contribution in [0.4, 0.5) is 0 Å². The third kappa shape index (κ3) is 3.29. The predicted octanol–water partition coefficient (Wildman–Crippen LogP) is 2.76. The van der Waals surface area contributed by atoms with Gasteiger partial charge in [0, 0.05) is 18.0 Å². The summed E-state index contributed by atoms with van der Waals surface area (Å²) < 4.78 is 5.35. The molecule has 0 aliphatic rings.